The lowest BCUT2D eigenvalue weighted by Crippen LogP contribution is -2.49. The summed E-state index contributed by atoms with van der Waals surface area (Å²) >= 11 is 6.41. The number of aliphatic hydroxyl groups is 1. The lowest BCUT2D eigenvalue weighted by molar-refractivity contribution is -0.169. The van der Waals surface area contributed by atoms with Crippen molar-refractivity contribution in [1.29, 1.82) is 0 Å². The molecule has 1 fully saturated rings. The van der Waals surface area contributed by atoms with E-state index in [0.29, 0.717) is 44.0 Å². The molecule has 230 valence electrons. The normalized spacial score (nSPS) is 31.7. The molecule has 5 atom stereocenters. The van der Waals surface area contributed by atoms with Crippen LogP contribution in [0.5, 0.6) is 5.75 Å². The van der Waals surface area contributed by atoms with Crippen LogP contribution in [0.1, 0.15) is 55.2 Å². The van der Waals surface area contributed by atoms with Gasteiger partial charge in [0.15, 0.2) is 5.60 Å². The zero-order chi connectivity index (χ0) is 30.4. The molecule has 4 aliphatic rings. The minimum Gasteiger partial charge on any atom is -0.490 e. The molecule has 0 unspecified atom stereocenters. The number of rotatable bonds is 2. The molecule has 2 aromatic carbocycles. The van der Waals surface area contributed by atoms with Gasteiger partial charge in [-0.2, -0.15) is 0 Å². The number of amides is 1. The minimum absolute atomic E-state index is 0.129. The Labute approximate surface area is 258 Å². The van der Waals surface area contributed by atoms with Gasteiger partial charge in [0, 0.05) is 44.2 Å². The molecular formula is C34H41ClN2O6. The maximum atomic E-state index is 13.3. The van der Waals surface area contributed by atoms with Gasteiger partial charge in [0.05, 0.1) is 24.8 Å². The van der Waals surface area contributed by atoms with Crippen molar-refractivity contribution < 1.29 is 29.3 Å². The quantitative estimate of drug-likeness (QED) is 0.466. The number of carboxylic acid groups (broad SMARTS) is 1. The Hall–Kier alpha value is -3.07. The third kappa shape index (κ3) is 5.42. The first kappa shape index (κ1) is 30.0. The number of fused-ring (bicyclic) bond motifs is 4. The minimum atomic E-state index is -1.85. The monoisotopic (exact) mass is 608 g/mol. The number of methoxy groups -OCH3 is 1. The smallest absolute Gasteiger partial charge is 0.341 e. The van der Waals surface area contributed by atoms with E-state index in [0.717, 1.165) is 42.8 Å². The highest BCUT2D eigenvalue weighted by molar-refractivity contribution is 6.30. The van der Waals surface area contributed by atoms with Crippen molar-refractivity contribution in [1.82, 2.24) is 4.90 Å². The van der Waals surface area contributed by atoms with Gasteiger partial charge in [0.1, 0.15) is 5.75 Å². The Kier molecular flexibility index (Phi) is 8.22. The van der Waals surface area contributed by atoms with Gasteiger partial charge in [-0.15, -0.1) is 0 Å². The molecule has 1 spiro atoms. The molecular weight excluding hydrogens is 568 g/mol. The first-order chi connectivity index (χ1) is 20.7. The van der Waals surface area contributed by atoms with Crippen LogP contribution >= 0.6 is 11.6 Å². The number of benzene rings is 2. The molecule has 2 bridgehead atoms. The lowest BCUT2D eigenvalue weighted by Gasteiger charge is -2.45. The van der Waals surface area contributed by atoms with Crippen molar-refractivity contribution in [2.75, 3.05) is 45.3 Å². The summed E-state index contributed by atoms with van der Waals surface area (Å²) in [6, 6.07) is 11.6. The van der Waals surface area contributed by atoms with E-state index in [2.05, 4.69) is 17.0 Å². The molecule has 2 N–H and O–H groups in total. The maximum Gasteiger partial charge on any atom is 0.341 e. The van der Waals surface area contributed by atoms with Crippen molar-refractivity contribution in [3.8, 4) is 5.75 Å². The number of halogens is 1. The topological polar surface area (TPSA) is 99.5 Å². The highest BCUT2D eigenvalue weighted by Gasteiger charge is 2.47. The highest BCUT2D eigenvalue weighted by atomic mass is 35.5. The fourth-order valence-electron chi connectivity index (χ4n) is 7.62. The van der Waals surface area contributed by atoms with Gasteiger partial charge in [-0.25, -0.2) is 4.79 Å². The summed E-state index contributed by atoms with van der Waals surface area (Å²) < 4.78 is 12.3. The Morgan fingerprint density at radius 3 is 2.77 bits per heavy atom. The molecule has 0 radical (unpaired) electrons. The number of hydrogen-bond acceptors (Lipinski definition) is 6. The van der Waals surface area contributed by atoms with Gasteiger partial charge in [-0.1, -0.05) is 35.9 Å². The number of aliphatic hydroxyl groups excluding tert-OH is 1. The van der Waals surface area contributed by atoms with E-state index in [4.69, 9.17) is 21.1 Å². The second-order valence-electron chi connectivity index (χ2n) is 12.8. The molecule has 0 aromatic heterocycles. The Bertz CT molecular complexity index is 1430. The Morgan fingerprint density at radius 1 is 1.19 bits per heavy atom. The fraction of sp³-hybridized carbons (Fsp3) is 0.529. The zero-order valence-corrected chi connectivity index (χ0v) is 25.7. The SMILES string of the molecule is CO[C@@]1(C(=O)O)CC(=O)N(C)CC/C=C\[C@H](O)[C@@H]2CC[C@H]2CN2C[C@@]3(CCCc4cc(Cl)ccc43)COc3ccc1cc32. The van der Waals surface area contributed by atoms with E-state index in [9.17, 15) is 19.8 Å². The molecule has 0 saturated heterocycles. The van der Waals surface area contributed by atoms with Crippen LogP contribution in [0.2, 0.25) is 5.02 Å². The first-order valence-corrected chi connectivity index (χ1v) is 15.7. The predicted molar refractivity (Wildman–Crippen MR) is 165 cm³/mol. The maximum absolute atomic E-state index is 13.3. The van der Waals surface area contributed by atoms with Crippen LogP contribution in [0.4, 0.5) is 5.69 Å². The number of ether oxygens (including phenoxy) is 2. The first-order valence-electron chi connectivity index (χ1n) is 15.3. The predicted octanol–water partition coefficient (Wildman–Crippen LogP) is 4.93. The largest absolute Gasteiger partial charge is 0.490 e. The summed E-state index contributed by atoms with van der Waals surface area (Å²) in [6.45, 7) is 2.29. The molecule has 6 rings (SSSR count). The third-order valence-electron chi connectivity index (χ3n) is 10.4. The summed E-state index contributed by atoms with van der Waals surface area (Å²) in [5.74, 6) is -0.467. The highest BCUT2D eigenvalue weighted by Crippen LogP contribution is 2.47. The van der Waals surface area contributed by atoms with Crippen molar-refractivity contribution in [3.63, 3.8) is 0 Å². The standard InChI is InChI=1S/C34H41ClN2O6/c1-36-15-4-3-7-29(38)26-11-8-23(26)19-37-20-33(14-5-6-22-16-25(35)10-12-27(22)33)21-43-30-13-9-24(17-28(30)37)34(42-2,32(40)41)18-31(36)39/h3,7,9-10,12-13,16-17,23,26,29,38H,4-6,8,11,14-15,18-21H2,1-2H3,(H,40,41)/b7-3-/t23-,26+,29-,33-,34-/m0/s1. The third-order valence-corrected chi connectivity index (χ3v) is 10.6. The number of anilines is 1. The van der Waals surface area contributed by atoms with Crippen molar-refractivity contribution in [2.24, 2.45) is 11.8 Å². The molecule has 2 aliphatic heterocycles. The molecule has 2 aliphatic carbocycles. The number of carbonyl (C=O) groups excluding carboxylic acids is 1. The average molecular weight is 609 g/mol. The average Bonchev–Trinajstić information content (AvgIpc) is 3.12. The molecule has 2 aromatic rings. The van der Waals surface area contributed by atoms with E-state index >= 15 is 0 Å². The van der Waals surface area contributed by atoms with Crippen LogP contribution in [-0.4, -0.2) is 73.5 Å². The molecule has 43 heavy (non-hydrogen) atoms. The Morgan fingerprint density at radius 2 is 2.02 bits per heavy atom. The van der Waals surface area contributed by atoms with Crippen LogP contribution in [0.25, 0.3) is 0 Å². The number of carboxylic acids is 1. The Balaban J connectivity index is 1.47. The lowest BCUT2D eigenvalue weighted by atomic mass is 9.68. The van der Waals surface area contributed by atoms with Gasteiger partial charge in [-0.05, 0) is 91.3 Å². The van der Waals surface area contributed by atoms with Crippen LogP contribution in [0.15, 0.2) is 48.6 Å². The molecule has 8 nitrogen and oxygen atoms in total. The fourth-order valence-corrected chi connectivity index (χ4v) is 7.81. The van der Waals surface area contributed by atoms with E-state index in [-0.39, 0.29) is 29.6 Å². The van der Waals surface area contributed by atoms with E-state index < -0.39 is 17.7 Å². The van der Waals surface area contributed by atoms with Gasteiger partial charge in [-0.3, -0.25) is 4.79 Å². The van der Waals surface area contributed by atoms with Crippen LogP contribution in [-0.2, 0) is 31.8 Å². The van der Waals surface area contributed by atoms with Crippen LogP contribution in [0, 0.1) is 11.8 Å². The summed E-state index contributed by atoms with van der Waals surface area (Å²) in [5.41, 5.74) is 1.56. The number of aliphatic carboxylic acids is 1. The number of hydrogen-bond donors (Lipinski definition) is 2. The van der Waals surface area contributed by atoms with Crippen molar-refractivity contribution in [2.45, 2.75) is 62.1 Å². The van der Waals surface area contributed by atoms with Crippen LogP contribution in [0.3, 0.4) is 0 Å². The second kappa shape index (κ2) is 11.8. The summed E-state index contributed by atoms with van der Waals surface area (Å²) in [4.78, 5) is 30.1. The molecule has 2 heterocycles. The zero-order valence-electron chi connectivity index (χ0n) is 24.9. The van der Waals surface area contributed by atoms with Gasteiger partial charge in [0.25, 0.3) is 0 Å². The van der Waals surface area contributed by atoms with E-state index in [1.807, 2.05) is 30.4 Å². The molecule has 1 amide bonds. The number of nitrogens with zero attached hydrogens (tertiary/aromatic N) is 2. The van der Waals surface area contributed by atoms with E-state index in [1.165, 1.54) is 23.1 Å². The number of carbonyl (C=O) groups is 2. The summed E-state index contributed by atoms with van der Waals surface area (Å²) in [6.07, 6.45) is 8.35. The van der Waals surface area contributed by atoms with Crippen LogP contribution < -0.4 is 9.64 Å². The molecule has 9 heteroatoms. The van der Waals surface area contributed by atoms with Gasteiger partial charge < -0.3 is 29.5 Å². The van der Waals surface area contributed by atoms with Crippen molar-refractivity contribution >= 4 is 29.2 Å². The second-order valence-corrected chi connectivity index (χ2v) is 13.3. The summed E-state index contributed by atoms with van der Waals surface area (Å²) in [5, 5.41) is 22.3. The summed E-state index contributed by atoms with van der Waals surface area (Å²) in [7, 11) is 3.02. The van der Waals surface area contributed by atoms with Gasteiger partial charge >= 0.3 is 5.97 Å². The van der Waals surface area contributed by atoms with Crippen molar-refractivity contribution in [3.05, 3.63) is 70.3 Å². The van der Waals surface area contributed by atoms with Gasteiger partial charge in [0.2, 0.25) is 5.91 Å². The van der Waals surface area contributed by atoms with E-state index in [1.54, 1.807) is 13.1 Å². The molecule has 1 saturated carbocycles. The number of aryl methyl sites for hydroxylation is 1.